The Balaban J connectivity index is 0.000000404. The first-order valence-electron chi connectivity index (χ1n) is 8.22. The third-order valence-electron chi connectivity index (χ3n) is 3.17. The van der Waals surface area contributed by atoms with E-state index in [9.17, 15) is 4.79 Å². The molecule has 0 saturated carbocycles. The molecule has 0 aliphatic carbocycles. The first-order valence-corrected chi connectivity index (χ1v) is 8.22. The second kappa shape index (κ2) is 13.5. The van der Waals surface area contributed by atoms with Crippen LogP contribution in [-0.2, 0) is 6.42 Å². The Bertz CT molecular complexity index is 555. The van der Waals surface area contributed by atoms with Crippen LogP contribution in [-0.4, -0.2) is 6.29 Å². The molecule has 0 radical (unpaired) electrons. The van der Waals surface area contributed by atoms with Gasteiger partial charge in [-0.15, -0.1) is 6.58 Å². The summed E-state index contributed by atoms with van der Waals surface area (Å²) < 4.78 is 0. The van der Waals surface area contributed by atoms with Crippen molar-refractivity contribution in [2.75, 3.05) is 0 Å². The lowest BCUT2D eigenvalue weighted by molar-refractivity contribution is 0.112. The van der Waals surface area contributed by atoms with E-state index in [1.54, 1.807) is 6.08 Å². The van der Waals surface area contributed by atoms with Gasteiger partial charge in [0.1, 0.15) is 6.29 Å². The number of carbonyl (C=O) groups excluding carboxylic acids is 1. The van der Waals surface area contributed by atoms with Crippen LogP contribution in [0.2, 0.25) is 0 Å². The van der Waals surface area contributed by atoms with Crippen LogP contribution < -0.4 is 0 Å². The van der Waals surface area contributed by atoms with Crippen LogP contribution in [0.5, 0.6) is 0 Å². The molecular weight excluding hydrogens is 280 g/mol. The predicted octanol–water partition coefficient (Wildman–Crippen LogP) is 6.34. The van der Waals surface area contributed by atoms with E-state index in [0.717, 1.165) is 30.3 Å². The Hall–Kier alpha value is -2.15. The molecule has 0 amide bonds. The fourth-order valence-electron chi connectivity index (χ4n) is 1.95. The zero-order chi connectivity index (χ0) is 17.5. The summed E-state index contributed by atoms with van der Waals surface area (Å²) in [5.74, 6) is 0. The molecule has 0 atom stereocenters. The summed E-state index contributed by atoms with van der Waals surface area (Å²) in [6.07, 6.45) is 6.05. The summed E-state index contributed by atoms with van der Waals surface area (Å²) in [4.78, 5) is 10.7. The molecule has 0 N–H and O–H groups in total. The largest absolute Gasteiger partial charge is 0.298 e. The molecule has 2 aromatic rings. The van der Waals surface area contributed by atoms with E-state index >= 15 is 0 Å². The van der Waals surface area contributed by atoms with Crippen LogP contribution in [0, 0.1) is 13.8 Å². The Morgan fingerprint density at radius 2 is 1.61 bits per heavy atom. The van der Waals surface area contributed by atoms with Gasteiger partial charge in [-0.2, -0.15) is 0 Å². The lowest BCUT2D eigenvalue weighted by Crippen LogP contribution is -1.93. The lowest BCUT2D eigenvalue weighted by atomic mass is 10.0. The Labute approximate surface area is 142 Å². The van der Waals surface area contributed by atoms with E-state index in [-0.39, 0.29) is 0 Å². The second-order valence-electron chi connectivity index (χ2n) is 5.49. The second-order valence-corrected chi connectivity index (χ2v) is 5.49. The number of hydrogen-bond donors (Lipinski definition) is 0. The smallest absolute Gasteiger partial charge is 0.150 e. The summed E-state index contributed by atoms with van der Waals surface area (Å²) in [5.41, 5.74) is 4.51. The Morgan fingerprint density at radius 3 is 2.04 bits per heavy atom. The first kappa shape index (κ1) is 20.9. The van der Waals surface area contributed by atoms with E-state index in [2.05, 4.69) is 44.7 Å². The van der Waals surface area contributed by atoms with Gasteiger partial charge in [0.05, 0.1) is 0 Å². The van der Waals surface area contributed by atoms with Crippen LogP contribution in [0.4, 0.5) is 0 Å². The van der Waals surface area contributed by atoms with E-state index in [1.165, 1.54) is 17.5 Å². The van der Waals surface area contributed by atoms with Crippen molar-refractivity contribution in [1.82, 2.24) is 0 Å². The number of benzene rings is 2. The Morgan fingerprint density at radius 1 is 1.00 bits per heavy atom. The third kappa shape index (κ3) is 10.2. The lowest BCUT2D eigenvalue weighted by Gasteiger charge is -2.04. The third-order valence-corrected chi connectivity index (χ3v) is 3.17. The molecule has 2 aromatic carbocycles. The van der Waals surface area contributed by atoms with Crippen LogP contribution in [0.3, 0.4) is 0 Å². The molecule has 1 heteroatoms. The van der Waals surface area contributed by atoms with E-state index in [0.29, 0.717) is 0 Å². The van der Waals surface area contributed by atoms with Crippen molar-refractivity contribution in [3.05, 3.63) is 83.4 Å². The van der Waals surface area contributed by atoms with E-state index < -0.39 is 0 Å². The van der Waals surface area contributed by atoms with Crippen molar-refractivity contribution in [2.45, 2.75) is 47.0 Å². The normalized spacial score (nSPS) is 8.87. The molecule has 0 heterocycles. The van der Waals surface area contributed by atoms with E-state index in [4.69, 9.17) is 0 Å². The molecule has 1 nitrogen and oxygen atoms in total. The highest BCUT2D eigenvalue weighted by Gasteiger charge is 2.00. The van der Waals surface area contributed by atoms with Gasteiger partial charge in [-0.3, -0.25) is 4.79 Å². The number of carbonyl (C=O) groups is 1. The highest BCUT2D eigenvalue weighted by atomic mass is 16.1. The maximum atomic E-state index is 10.7. The van der Waals surface area contributed by atoms with E-state index in [1.807, 2.05) is 38.1 Å². The molecule has 0 aromatic heterocycles. The molecule has 0 saturated heterocycles. The van der Waals surface area contributed by atoms with Gasteiger partial charge in [-0.1, -0.05) is 73.0 Å². The highest BCUT2D eigenvalue weighted by Crippen LogP contribution is 2.12. The van der Waals surface area contributed by atoms with Crippen molar-refractivity contribution < 1.29 is 4.79 Å². The number of hydrogen-bond acceptors (Lipinski definition) is 1. The minimum atomic E-state index is 0.855. The van der Waals surface area contributed by atoms with Crippen LogP contribution in [0.25, 0.3) is 0 Å². The maximum absolute atomic E-state index is 10.7. The van der Waals surface area contributed by atoms with Crippen molar-refractivity contribution in [3.63, 3.8) is 0 Å². The predicted molar refractivity (Wildman–Crippen MR) is 102 cm³/mol. The molecule has 2 rings (SSSR count). The minimum Gasteiger partial charge on any atom is -0.298 e. The maximum Gasteiger partial charge on any atom is 0.150 e. The number of aryl methyl sites for hydroxylation is 3. The number of rotatable bonds is 4. The molecule has 0 unspecified atom stereocenters. The van der Waals surface area contributed by atoms with Gasteiger partial charge in [0.25, 0.3) is 0 Å². The van der Waals surface area contributed by atoms with Crippen LogP contribution in [0.15, 0.2) is 61.2 Å². The minimum absolute atomic E-state index is 0.855. The molecular formula is C22H30O. The van der Waals surface area contributed by atoms with Gasteiger partial charge >= 0.3 is 0 Å². The molecule has 0 aliphatic heterocycles. The monoisotopic (exact) mass is 310 g/mol. The molecule has 0 bridgehead atoms. The highest BCUT2D eigenvalue weighted by molar-refractivity contribution is 5.77. The number of aldehydes is 1. The SMILES string of the molecule is C=CC.CCCCc1ccc(C)cc1C=O.Cc1ccccc1. The summed E-state index contributed by atoms with van der Waals surface area (Å²) >= 11 is 0. The van der Waals surface area contributed by atoms with Crippen molar-refractivity contribution >= 4 is 6.29 Å². The number of allylic oxidation sites excluding steroid dienone is 1. The quantitative estimate of drug-likeness (QED) is 0.476. The molecule has 124 valence electrons. The van der Waals surface area contributed by atoms with Gasteiger partial charge < -0.3 is 0 Å². The van der Waals surface area contributed by atoms with Gasteiger partial charge in [0.2, 0.25) is 0 Å². The van der Waals surface area contributed by atoms with Gasteiger partial charge in [0, 0.05) is 5.56 Å². The summed E-state index contributed by atoms with van der Waals surface area (Å²) in [6, 6.07) is 16.3. The van der Waals surface area contributed by atoms with Crippen molar-refractivity contribution in [1.29, 1.82) is 0 Å². The zero-order valence-electron chi connectivity index (χ0n) is 15.0. The Kier molecular flexibility index (Phi) is 12.2. The van der Waals surface area contributed by atoms with Gasteiger partial charge in [-0.05, 0) is 45.2 Å². The van der Waals surface area contributed by atoms with Gasteiger partial charge in [-0.25, -0.2) is 0 Å². The average Bonchev–Trinajstić information content (AvgIpc) is 2.55. The molecule has 23 heavy (non-hydrogen) atoms. The molecule has 0 fully saturated rings. The van der Waals surface area contributed by atoms with Crippen molar-refractivity contribution in [2.24, 2.45) is 0 Å². The standard InChI is InChI=1S/C12H16O.C7H8.C3H6/c1-3-4-5-11-7-6-10(2)8-12(11)9-13;1-7-5-3-2-4-6-7;1-3-2/h6-9H,3-5H2,1-2H3;2-6H,1H3;3H,1H2,2H3. The summed E-state index contributed by atoms with van der Waals surface area (Å²) in [7, 11) is 0. The zero-order valence-corrected chi connectivity index (χ0v) is 15.0. The summed E-state index contributed by atoms with van der Waals surface area (Å²) in [6.45, 7) is 11.5. The molecule has 0 aliphatic rings. The number of unbranched alkanes of at least 4 members (excludes halogenated alkanes) is 1. The van der Waals surface area contributed by atoms with Crippen LogP contribution >= 0.6 is 0 Å². The van der Waals surface area contributed by atoms with Crippen LogP contribution in [0.1, 0.15) is 53.7 Å². The average molecular weight is 310 g/mol. The summed E-state index contributed by atoms with van der Waals surface area (Å²) in [5, 5.41) is 0. The molecule has 0 spiro atoms. The fourth-order valence-corrected chi connectivity index (χ4v) is 1.95. The first-order chi connectivity index (χ1) is 11.1. The fraction of sp³-hybridized carbons (Fsp3) is 0.318. The van der Waals surface area contributed by atoms with Crippen molar-refractivity contribution in [3.8, 4) is 0 Å². The topological polar surface area (TPSA) is 17.1 Å². The van der Waals surface area contributed by atoms with Gasteiger partial charge in [0.15, 0.2) is 0 Å².